The van der Waals surface area contributed by atoms with Gasteiger partial charge in [0.2, 0.25) is 6.79 Å². The van der Waals surface area contributed by atoms with Gasteiger partial charge in [-0.1, -0.05) is 0 Å². The van der Waals surface area contributed by atoms with E-state index in [9.17, 15) is 5.11 Å². The van der Waals surface area contributed by atoms with Gasteiger partial charge in [0.25, 0.3) is 0 Å². The molecule has 0 amide bonds. The van der Waals surface area contributed by atoms with Crippen molar-refractivity contribution in [3.05, 3.63) is 16.1 Å². The van der Waals surface area contributed by atoms with Crippen molar-refractivity contribution in [2.75, 3.05) is 6.79 Å². The number of fused-ring (bicyclic) bond motifs is 1. The Hall–Kier alpha value is -0.940. The van der Waals surface area contributed by atoms with E-state index in [0.29, 0.717) is 21.5 Å². The molecule has 1 aliphatic heterocycles. The standard InChI is InChI=1S/C8H8BrNO3/c9-5-1-6-8(13-3-12-6)4(2-10)7(5)11/h1,11H,2-3,10H2. The number of phenolic OH excluding ortho intramolecular Hbond substituents is 1. The predicted octanol–water partition coefficient (Wildman–Crippen LogP) is 1.34. The van der Waals surface area contributed by atoms with Gasteiger partial charge in [-0.05, 0) is 15.9 Å². The van der Waals surface area contributed by atoms with Gasteiger partial charge in [0.1, 0.15) is 5.75 Å². The molecule has 1 aromatic rings. The Morgan fingerprint density at radius 3 is 3.00 bits per heavy atom. The zero-order valence-electron chi connectivity index (χ0n) is 6.71. The quantitative estimate of drug-likeness (QED) is 0.784. The molecule has 70 valence electrons. The molecule has 5 heteroatoms. The molecule has 0 radical (unpaired) electrons. The second-order valence-corrected chi connectivity index (χ2v) is 3.48. The summed E-state index contributed by atoms with van der Waals surface area (Å²) in [5.41, 5.74) is 6.05. The maximum absolute atomic E-state index is 9.60. The van der Waals surface area contributed by atoms with Gasteiger partial charge in [-0.2, -0.15) is 0 Å². The first-order valence-electron chi connectivity index (χ1n) is 3.74. The summed E-state index contributed by atoms with van der Waals surface area (Å²) in [5.74, 6) is 1.28. The minimum absolute atomic E-state index is 0.117. The van der Waals surface area contributed by atoms with Crippen LogP contribution >= 0.6 is 15.9 Å². The number of rotatable bonds is 1. The van der Waals surface area contributed by atoms with Gasteiger partial charge >= 0.3 is 0 Å². The number of halogens is 1. The molecule has 1 aliphatic rings. The Bertz CT molecular complexity index is 354. The summed E-state index contributed by atoms with van der Waals surface area (Å²) in [7, 11) is 0. The van der Waals surface area contributed by atoms with Crippen LogP contribution in [0.1, 0.15) is 5.56 Å². The number of hydrogen-bond acceptors (Lipinski definition) is 4. The third-order valence-electron chi connectivity index (χ3n) is 1.89. The topological polar surface area (TPSA) is 64.7 Å². The van der Waals surface area contributed by atoms with Crippen LogP contribution < -0.4 is 15.2 Å². The Morgan fingerprint density at radius 2 is 2.31 bits per heavy atom. The van der Waals surface area contributed by atoms with Crippen LogP contribution in [0.4, 0.5) is 0 Å². The van der Waals surface area contributed by atoms with Gasteiger partial charge in [0.05, 0.1) is 10.0 Å². The van der Waals surface area contributed by atoms with Gasteiger partial charge < -0.3 is 20.3 Å². The molecule has 13 heavy (non-hydrogen) atoms. The average Bonchev–Trinajstić information content (AvgIpc) is 2.54. The largest absolute Gasteiger partial charge is 0.506 e. The van der Waals surface area contributed by atoms with Crippen molar-refractivity contribution in [1.82, 2.24) is 0 Å². The minimum atomic E-state index is 0.117. The third-order valence-corrected chi connectivity index (χ3v) is 2.49. The van der Waals surface area contributed by atoms with Crippen LogP contribution in [0.25, 0.3) is 0 Å². The molecule has 0 unspecified atom stereocenters. The van der Waals surface area contributed by atoms with E-state index >= 15 is 0 Å². The highest BCUT2D eigenvalue weighted by molar-refractivity contribution is 9.10. The van der Waals surface area contributed by atoms with E-state index in [1.807, 2.05) is 0 Å². The van der Waals surface area contributed by atoms with E-state index in [0.717, 1.165) is 0 Å². The normalized spacial score (nSPS) is 13.4. The fourth-order valence-electron chi connectivity index (χ4n) is 1.26. The highest BCUT2D eigenvalue weighted by Gasteiger charge is 2.22. The summed E-state index contributed by atoms with van der Waals surface area (Å²) in [5, 5.41) is 9.60. The maximum atomic E-state index is 9.60. The molecular weight excluding hydrogens is 238 g/mol. The van der Waals surface area contributed by atoms with Crippen molar-refractivity contribution in [3.63, 3.8) is 0 Å². The number of phenols is 1. The summed E-state index contributed by atoms with van der Waals surface area (Å²) < 4.78 is 10.9. The fourth-order valence-corrected chi connectivity index (χ4v) is 1.70. The lowest BCUT2D eigenvalue weighted by Crippen LogP contribution is -1.99. The summed E-state index contributed by atoms with van der Waals surface area (Å²) in [6, 6.07) is 1.66. The molecule has 0 spiro atoms. The number of nitrogens with two attached hydrogens (primary N) is 1. The van der Waals surface area contributed by atoms with E-state index in [2.05, 4.69) is 15.9 Å². The van der Waals surface area contributed by atoms with Crippen molar-refractivity contribution in [1.29, 1.82) is 0 Å². The van der Waals surface area contributed by atoms with Crippen LogP contribution in [-0.4, -0.2) is 11.9 Å². The van der Waals surface area contributed by atoms with Crippen LogP contribution in [0.3, 0.4) is 0 Å². The molecule has 4 nitrogen and oxygen atoms in total. The number of hydrogen-bond donors (Lipinski definition) is 2. The first-order chi connectivity index (χ1) is 6.24. The van der Waals surface area contributed by atoms with Crippen LogP contribution in [0.15, 0.2) is 10.5 Å². The number of aromatic hydroxyl groups is 1. The molecule has 0 aromatic heterocycles. The van der Waals surface area contributed by atoms with Crippen LogP contribution in [-0.2, 0) is 6.54 Å². The Balaban J connectivity index is 2.64. The molecule has 0 atom stereocenters. The lowest BCUT2D eigenvalue weighted by atomic mass is 10.1. The smallest absolute Gasteiger partial charge is 0.231 e. The summed E-state index contributed by atoms with van der Waals surface area (Å²) in [4.78, 5) is 0. The monoisotopic (exact) mass is 245 g/mol. The molecule has 3 N–H and O–H groups in total. The van der Waals surface area contributed by atoms with Crippen LogP contribution in [0.2, 0.25) is 0 Å². The second kappa shape index (κ2) is 3.08. The van der Waals surface area contributed by atoms with Crippen molar-refractivity contribution >= 4 is 15.9 Å². The third kappa shape index (κ3) is 1.24. The van der Waals surface area contributed by atoms with Crippen LogP contribution in [0, 0.1) is 0 Å². The zero-order chi connectivity index (χ0) is 9.42. The van der Waals surface area contributed by atoms with Gasteiger partial charge in [-0.25, -0.2) is 0 Å². The number of benzene rings is 1. The van der Waals surface area contributed by atoms with Crippen molar-refractivity contribution in [2.24, 2.45) is 5.73 Å². The van der Waals surface area contributed by atoms with E-state index < -0.39 is 0 Å². The SMILES string of the molecule is NCc1c(O)c(Br)cc2c1OCO2. The van der Waals surface area contributed by atoms with Crippen molar-refractivity contribution in [2.45, 2.75) is 6.54 Å². The summed E-state index contributed by atoms with van der Waals surface area (Å²) >= 11 is 3.20. The summed E-state index contributed by atoms with van der Waals surface area (Å²) in [6.45, 7) is 0.398. The Kier molecular flexibility index (Phi) is 2.05. The number of ether oxygens (including phenoxy) is 2. The minimum Gasteiger partial charge on any atom is -0.506 e. The maximum Gasteiger partial charge on any atom is 0.231 e. The molecule has 0 bridgehead atoms. The van der Waals surface area contributed by atoms with Gasteiger partial charge in [-0.3, -0.25) is 0 Å². The molecule has 0 saturated heterocycles. The second-order valence-electron chi connectivity index (χ2n) is 2.62. The predicted molar refractivity (Wildman–Crippen MR) is 49.8 cm³/mol. The van der Waals surface area contributed by atoms with Crippen molar-refractivity contribution < 1.29 is 14.6 Å². The lowest BCUT2D eigenvalue weighted by molar-refractivity contribution is 0.173. The first-order valence-corrected chi connectivity index (χ1v) is 4.53. The van der Waals surface area contributed by atoms with Gasteiger partial charge in [-0.15, -0.1) is 0 Å². The van der Waals surface area contributed by atoms with Crippen molar-refractivity contribution in [3.8, 4) is 17.2 Å². The fraction of sp³-hybridized carbons (Fsp3) is 0.250. The Morgan fingerprint density at radius 1 is 1.54 bits per heavy atom. The van der Waals surface area contributed by atoms with Crippen LogP contribution in [0.5, 0.6) is 17.2 Å². The van der Waals surface area contributed by atoms with E-state index in [-0.39, 0.29) is 19.1 Å². The van der Waals surface area contributed by atoms with E-state index in [1.54, 1.807) is 6.07 Å². The highest BCUT2D eigenvalue weighted by atomic mass is 79.9. The molecule has 1 heterocycles. The van der Waals surface area contributed by atoms with Gasteiger partial charge in [0, 0.05) is 12.6 Å². The van der Waals surface area contributed by atoms with E-state index in [1.165, 1.54) is 0 Å². The average molecular weight is 246 g/mol. The first kappa shape index (κ1) is 8.65. The molecular formula is C8H8BrNO3. The Labute approximate surface area is 83.4 Å². The molecule has 0 fully saturated rings. The highest BCUT2D eigenvalue weighted by Crippen LogP contribution is 2.44. The molecule has 2 rings (SSSR count). The molecule has 0 saturated carbocycles. The summed E-state index contributed by atoms with van der Waals surface area (Å²) in [6.07, 6.45) is 0. The lowest BCUT2D eigenvalue weighted by Gasteiger charge is -2.07. The van der Waals surface area contributed by atoms with Gasteiger partial charge in [0.15, 0.2) is 11.5 Å². The van der Waals surface area contributed by atoms with E-state index in [4.69, 9.17) is 15.2 Å². The zero-order valence-corrected chi connectivity index (χ0v) is 8.30. The molecule has 1 aromatic carbocycles. The molecule has 0 aliphatic carbocycles.